The molecule has 1 N–H and O–H groups in total. The van der Waals surface area contributed by atoms with Gasteiger partial charge in [-0.3, -0.25) is 0 Å². The van der Waals surface area contributed by atoms with E-state index in [1.54, 1.807) is 6.07 Å². The van der Waals surface area contributed by atoms with Gasteiger partial charge >= 0.3 is 0 Å². The Labute approximate surface area is 83.6 Å². The second-order valence-corrected chi connectivity index (χ2v) is 3.04. The first-order chi connectivity index (χ1) is 6.77. The van der Waals surface area contributed by atoms with Crippen LogP contribution in [0.25, 0.3) is 0 Å². The van der Waals surface area contributed by atoms with Gasteiger partial charge in [-0.2, -0.15) is 5.26 Å². The topological polar surface area (TPSA) is 53.2 Å². The molecule has 0 fully saturated rings. The predicted octanol–water partition coefficient (Wildman–Crippen LogP) is 1.13. The van der Waals surface area contributed by atoms with Crippen molar-refractivity contribution in [3.05, 3.63) is 35.9 Å². The summed E-state index contributed by atoms with van der Waals surface area (Å²) in [5.41, 5.74) is 1.05. The number of nitriles is 1. The number of aliphatic hydroxyl groups is 1. The van der Waals surface area contributed by atoms with E-state index in [4.69, 9.17) is 10.00 Å². The van der Waals surface area contributed by atoms with Gasteiger partial charge in [0, 0.05) is 13.5 Å². The van der Waals surface area contributed by atoms with Crippen LogP contribution in [-0.4, -0.2) is 24.4 Å². The molecule has 0 unspecified atom stereocenters. The van der Waals surface area contributed by atoms with Crippen molar-refractivity contribution in [2.75, 3.05) is 7.11 Å². The Morgan fingerprint density at radius 3 is 2.57 bits per heavy atom. The van der Waals surface area contributed by atoms with Crippen LogP contribution in [0.4, 0.5) is 0 Å². The third-order valence-electron chi connectivity index (χ3n) is 2.07. The fraction of sp³-hybridized carbons (Fsp3) is 0.364. The Morgan fingerprint density at radius 2 is 2.07 bits per heavy atom. The van der Waals surface area contributed by atoms with Crippen molar-refractivity contribution in [3.8, 4) is 6.07 Å². The second kappa shape index (κ2) is 5.38. The average molecular weight is 191 g/mol. The Morgan fingerprint density at radius 1 is 1.43 bits per heavy atom. The summed E-state index contributed by atoms with van der Waals surface area (Å²) in [6, 6.07) is 11.4. The van der Waals surface area contributed by atoms with Gasteiger partial charge in [0.1, 0.15) is 6.10 Å². The van der Waals surface area contributed by atoms with E-state index in [-0.39, 0.29) is 0 Å². The maximum absolute atomic E-state index is 9.29. The van der Waals surface area contributed by atoms with Gasteiger partial charge in [0.05, 0.1) is 6.07 Å². The summed E-state index contributed by atoms with van der Waals surface area (Å²) >= 11 is 0. The fourth-order valence-electron chi connectivity index (χ4n) is 1.25. The molecule has 0 aliphatic heterocycles. The highest BCUT2D eigenvalue weighted by atomic mass is 16.5. The van der Waals surface area contributed by atoms with Gasteiger partial charge in [-0.05, 0) is 5.56 Å². The van der Waals surface area contributed by atoms with Crippen LogP contribution in [0.5, 0.6) is 0 Å². The minimum Gasteiger partial charge on any atom is -0.377 e. The summed E-state index contributed by atoms with van der Waals surface area (Å²) in [5, 5.41) is 17.8. The lowest BCUT2D eigenvalue weighted by molar-refractivity contribution is 0.0163. The van der Waals surface area contributed by atoms with Crippen molar-refractivity contribution >= 4 is 0 Å². The minimum atomic E-state index is -1.07. The molecule has 14 heavy (non-hydrogen) atoms. The monoisotopic (exact) mass is 191 g/mol. The molecular formula is C11H13NO2. The molecule has 0 heterocycles. The van der Waals surface area contributed by atoms with Gasteiger partial charge in [-0.15, -0.1) is 0 Å². The molecule has 1 aromatic rings. The van der Waals surface area contributed by atoms with Crippen molar-refractivity contribution in [3.63, 3.8) is 0 Å². The lowest BCUT2D eigenvalue weighted by Crippen LogP contribution is -2.28. The van der Waals surface area contributed by atoms with Gasteiger partial charge in [0.2, 0.25) is 0 Å². The number of hydrogen-bond acceptors (Lipinski definition) is 3. The summed E-state index contributed by atoms with van der Waals surface area (Å²) in [4.78, 5) is 0. The number of methoxy groups -OCH3 is 1. The quantitative estimate of drug-likeness (QED) is 0.726. The number of rotatable bonds is 4. The Hall–Kier alpha value is -1.37. The smallest absolute Gasteiger partial charge is 0.166 e. The van der Waals surface area contributed by atoms with E-state index in [2.05, 4.69) is 0 Å². The standard InChI is InChI=1S/C11H13NO2/c1-14-11(10(13)8-12)7-9-5-3-2-4-6-9/h2-6,10-11,13H,7H2,1H3/t10-,11+/m0/s1. The molecule has 3 nitrogen and oxygen atoms in total. The molecule has 0 aliphatic carbocycles. The second-order valence-electron chi connectivity index (χ2n) is 3.04. The SMILES string of the molecule is CO[C@H](Cc1ccccc1)[C@@H](O)C#N. The van der Waals surface area contributed by atoms with E-state index < -0.39 is 12.2 Å². The summed E-state index contributed by atoms with van der Waals surface area (Å²) in [6.45, 7) is 0. The van der Waals surface area contributed by atoms with Crippen LogP contribution in [0.2, 0.25) is 0 Å². The molecule has 0 bridgehead atoms. The first-order valence-electron chi connectivity index (χ1n) is 4.42. The highest BCUT2D eigenvalue weighted by Crippen LogP contribution is 2.08. The van der Waals surface area contributed by atoms with Crippen LogP contribution in [-0.2, 0) is 11.2 Å². The van der Waals surface area contributed by atoms with E-state index in [1.807, 2.05) is 30.3 Å². The summed E-state index contributed by atoms with van der Waals surface area (Å²) in [6.07, 6.45) is -0.978. The van der Waals surface area contributed by atoms with E-state index in [0.717, 1.165) is 5.56 Å². The maximum atomic E-state index is 9.29. The van der Waals surface area contributed by atoms with Crippen LogP contribution in [0.1, 0.15) is 5.56 Å². The van der Waals surface area contributed by atoms with E-state index >= 15 is 0 Å². The largest absolute Gasteiger partial charge is 0.377 e. The van der Waals surface area contributed by atoms with E-state index in [1.165, 1.54) is 7.11 Å². The lowest BCUT2D eigenvalue weighted by atomic mass is 10.0. The third kappa shape index (κ3) is 2.84. The zero-order valence-corrected chi connectivity index (χ0v) is 8.05. The summed E-state index contributed by atoms with van der Waals surface area (Å²) in [5.74, 6) is 0. The lowest BCUT2D eigenvalue weighted by Gasteiger charge is -2.16. The number of aliphatic hydroxyl groups excluding tert-OH is 1. The van der Waals surface area contributed by atoms with Gasteiger partial charge in [-0.1, -0.05) is 30.3 Å². The van der Waals surface area contributed by atoms with Crippen molar-refractivity contribution in [1.29, 1.82) is 5.26 Å². The number of ether oxygens (including phenoxy) is 1. The normalized spacial score (nSPS) is 14.4. The van der Waals surface area contributed by atoms with Gasteiger partial charge in [-0.25, -0.2) is 0 Å². The molecule has 0 aromatic heterocycles. The highest BCUT2D eigenvalue weighted by molar-refractivity contribution is 5.16. The molecule has 0 saturated heterocycles. The molecule has 0 aliphatic rings. The Kier molecular flexibility index (Phi) is 4.11. The van der Waals surface area contributed by atoms with Crippen LogP contribution in [0, 0.1) is 11.3 Å². The predicted molar refractivity (Wildman–Crippen MR) is 52.6 cm³/mol. The fourth-order valence-corrected chi connectivity index (χ4v) is 1.25. The summed E-state index contributed by atoms with van der Waals surface area (Å²) < 4.78 is 5.03. The number of benzene rings is 1. The zero-order chi connectivity index (χ0) is 10.4. The zero-order valence-electron chi connectivity index (χ0n) is 8.05. The van der Waals surface area contributed by atoms with Crippen LogP contribution < -0.4 is 0 Å². The van der Waals surface area contributed by atoms with E-state index in [0.29, 0.717) is 6.42 Å². The maximum Gasteiger partial charge on any atom is 0.166 e. The number of nitrogens with zero attached hydrogens (tertiary/aromatic N) is 1. The minimum absolute atomic E-state index is 0.456. The molecule has 0 spiro atoms. The van der Waals surface area contributed by atoms with Crippen LogP contribution in [0.3, 0.4) is 0 Å². The molecular weight excluding hydrogens is 178 g/mol. The molecule has 2 atom stereocenters. The van der Waals surface area contributed by atoms with Crippen LogP contribution >= 0.6 is 0 Å². The molecule has 0 amide bonds. The molecule has 1 aromatic carbocycles. The Bertz CT molecular complexity index is 305. The molecule has 0 radical (unpaired) electrons. The average Bonchev–Trinajstić information content (AvgIpc) is 2.26. The van der Waals surface area contributed by atoms with Gasteiger partial charge < -0.3 is 9.84 Å². The van der Waals surface area contributed by atoms with Gasteiger partial charge in [0.15, 0.2) is 6.10 Å². The molecule has 3 heteroatoms. The van der Waals surface area contributed by atoms with Crippen molar-refractivity contribution in [2.24, 2.45) is 0 Å². The van der Waals surface area contributed by atoms with Gasteiger partial charge in [0.25, 0.3) is 0 Å². The first-order valence-corrected chi connectivity index (χ1v) is 4.42. The first kappa shape index (κ1) is 10.7. The van der Waals surface area contributed by atoms with Crippen molar-refractivity contribution in [2.45, 2.75) is 18.6 Å². The van der Waals surface area contributed by atoms with Crippen molar-refractivity contribution in [1.82, 2.24) is 0 Å². The van der Waals surface area contributed by atoms with E-state index in [9.17, 15) is 5.11 Å². The highest BCUT2D eigenvalue weighted by Gasteiger charge is 2.17. The van der Waals surface area contributed by atoms with Crippen LogP contribution in [0.15, 0.2) is 30.3 Å². The number of hydrogen-bond donors (Lipinski definition) is 1. The third-order valence-corrected chi connectivity index (χ3v) is 2.07. The summed E-state index contributed by atoms with van der Waals surface area (Å²) in [7, 11) is 1.49. The molecule has 1 rings (SSSR count). The molecule has 0 saturated carbocycles. The van der Waals surface area contributed by atoms with Crippen molar-refractivity contribution < 1.29 is 9.84 Å². The Balaban J connectivity index is 2.63. The molecule has 74 valence electrons.